The lowest BCUT2D eigenvalue weighted by Gasteiger charge is -2.17. The maximum Gasteiger partial charge on any atom is 0.221 e. The third kappa shape index (κ3) is 5.04. The second-order valence-corrected chi connectivity index (χ2v) is 4.70. The van der Waals surface area contributed by atoms with Crippen LogP contribution in [0.3, 0.4) is 0 Å². The Morgan fingerprint density at radius 2 is 2.28 bits per heavy atom. The predicted octanol–water partition coefficient (Wildman–Crippen LogP) is 1.88. The molecule has 0 saturated heterocycles. The van der Waals surface area contributed by atoms with Gasteiger partial charge in [-0.1, -0.05) is 23.7 Å². The maximum atomic E-state index is 11.5. The highest BCUT2D eigenvalue weighted by Gasteiger charge is 2.13. The van der Waals surface area contributed by atoms with Gasteiger partial charge in [-0.3, -0.25) is 4.79 Å². The second-order valence-electron chi connectivity index (χ2n) is 4.26. The number of ether oxygens (including phenoxy) is 1. The minimum absolute atomic E-state index is 0.0749. The van der Waals surface area contributed by atoms with Crippen molar-refractivity contribution in [3.8, 4) is 0 Å². The summed E-state index contributed by atoms with van der Waals surface area (Å²) in [6, 6.07) is 7.25. The summed E-state index contributed by atoms with van der Waals surface area (Å²) < 4.78 is 5.34. The molecule has 0 fully saturated rings. The molecule has 2 atom stereocenters. The van der Waals surface area contributed by atoms with Crippen molar-refractivity contribution in [1.29, 1.82) is 0 Å². The second kappa shape index (κ2) is 7.36. The fourth-order valence-corrected chi connectivity index (χ4v) is 1.81. The van der Waals surface area contributed by atoms with Crippen LogP contribution < -0.4 is 11.1 Å². The molecule has 0 aliphatic rings. The highest BCUT2D eigenvalue weighted by Crippen LogP contribution is 2.19. The Kier molecular flexibility index (Phi) is 6.12. The van der Waals surface area contributed by atoms with E-state index < -0.39 is 0 Å². The van der Waals surface area contributed by atoms with Gasteiger partial charge in [0.25, 0.3) is 0 Å². The molecular formula is C13H19ClN2O2. The third-order valence-corrected chi connectivity index (χ3v) is 2.73. The summed E-state index contributed by atoms with van der Waals surface area (Å²) in [5, 5.41) is 3.45. The van der Waals surface area contributed by atoms with Gasteiger partial charge < -0.3 is 15.8 Å². The van der Waals surface area contributed by atoms with Crippen molar-refractivity contribution < 1.29 is 9.53 Å². The lowest BCUT2D eigenvalue weighted by atomic mass is 10.1. The first-order valence-electron chi connectivity index (χ1n) is 5.83. The molecule has 5 heteroatoms. The van der Waals surface area contributed by atoms with Crippen molar-refractivity contribution in [2.45, 2.75) is 25.5 Å². The van der Waals surface area contributed by atoms with E-state index in [1.165, 1.54) is 0 Å². The molecule has 100 valence electrons. The molecule has 1 aromatic rings. The number of carbonyl (C=O) groups is 1. The highest BCUT2D eigenvalue weighted by atomic mass is 35.5. The van der Waals surface area contributed by atoms with Crippen LogP contribution in [0.5, 0.6) is 0 Å². The fourth-order valence-electron chi connectivity index (χ4n) is 1.62. The van der Waals surface area contributed by atoms with E-state index in [0.29, 0.717) is 18.0 Å². The summed E-state index contributed by atoms with van der Waals surface area (Å²) in [5.74, 6) is -0.0749. The topological polar surface area (TPSA) is 64.3 Å². The Morgan fingerprint density at radius 3 is 2.83 bits per heavy atom. The average Bonchev–Trinajstić information content (AvgIpc) is 2.29. The number of methoxy groups -OCH3 is 1. The number of carbonyl (C=O) groups excluding carboxylic acids is 1. The largest absolute Gasteiger partial charge is 0.375 e. The lowest BCUT2D eigenvalue weighted by molar-refractivity contribution is -0.121. The number of rotatable bonds is 6. The van der Waals surface area contributed by atoms with Gasteiger partial charge in [0.1, 0.15) is 0 Å². The van der Waals surface area contributed by atoms with E-state index in [2.05, 4.69) is 5.32 Å². The smallest absolute Gasteiger partial charge is 0.221 e. The van der Waals surface area contributed by atoms with Gasteiger partial charge in [0, 0.05) is 31.1 Å². The van der Waals surface area contributed by atoms with E-state index in [-0.39, 0.29) is 18.1 Å². The minimum Gasteiger partial charge on any atom is -0.375 e. The number of benzene rings is 1. The molecule has 0 aliphatic heterocycles. The van der Waals surface area contributed by atoms with Crippen molar-refractivity contribution in [3.63, 3.8) is 0 Å². The Hall–Kier alpha value is -1.10. The number of amides is 1. The standard InChI is InChI=1S/C13H19ClN2O2/c1-9(15)6-13(17)16-8-12(18-2)10-4-3-5-11(14)7-10/h3-5,7,9,12H,6,8,15H2,1-2H3,(H,16,17). The summed E-state index contributed by atoms with van der Waals surface area (Å²) in [6.45, 7) is 2.20. The normalized spacial score (nSPS) is 14.0. The molecule has 3 N–H and O–H groups in total. The average molecular weight is 271 g/mol. The van der Waals surface area contributed by atoms with Crippen LogP contribution in [-0.2, 0) is 9.53 Å². The zero-order chi connectivity index (χ0) is 13.5. The Morgan fingerprint density at radius 1 is 1.56 bits per heavy atom. The van der Waals surface area contributed by atoms with E-state index in [1.54, 1.807) is 20.1 Å². The Bertz CT molecular complexity index is 396. The zero-order valence-electron chi connectivity index (χ0n) is 10.7. The molecule has 4 nitrogen and oxygen atoms in total. The fraction of sp³-hybridized carbons (Fsp3) is 0.462. The molecule has 1 rings (SSSR count). The first kappa shape index (κ1) is 15.0. The van der Waals surface area contributed by atoms with Crippen LogP contribution in [0.1, 0.15) is 25.0 Å². The summed E-state index contributed by atoms with van der Waals surface area (Å²) in [7, 11) is 1.60. The molecule has 2 unspecified atom stereocenters. The number of halogens is 1. The third-order valence-electron chi connectivity index (χ3n) is 2.50. The van der Waals surface area contributed by atoms with Gasteiger partial charge in [0.05, 0.1) is 6.10 Å². The van der Waals surface area contributed by atoms with Crippen LogP contribution in [0, 0.1) is 0 Å². The van der Waals surface area contributed by atoms with Gasteiger partial charge in [-0.2, -0.15) is 0 Å². The zero-order valence-corrected chi connectivity index (χ0v) is 11.4. The van der Waals surface area contributed by atoms with Crippen LogP contribution in [0.4, 0.5) is 0 Å². The van der Waals surface area contributed by atoms with Crippen LogP contribution in [0.15, 0.2) is 24.3 Å². The minimum atomic E-state index is -0.208. The number of nitrogens with one attached hydrogen (secondary N) is 1. The predicted molar refractivity (Wildman–Crippen MR) is 72.5 cm³/mol. The van der Waals surface area contributed by atoms with E-state index in [4.69, 9.17) is 22.1 Å². The molecule has 0 radical (unpaired) electrons. The van der Waals surface area contributed by atoms with Crippen LogP contribution in [0.25, 0.3) is 0 Å². The molecule has 0 saturated carbocycles. The number of hydrogen-bond donors (Lipinski definition) is 2. The van der Waals surface area contributed by atoms with Crippen molar-refractivity contribution in [2.75, 3.05) is 13.7 Å². The molecule has 0 aromatic heterocycles. The molecule has 1 aromatic carbocycles. The first-order chi connectivity index (χ1) is 8.52. The van der Waals surface area contributed by atoms with Gasteiger partial charge in [-0.25, -0.2) is 0 Å². The maximum absolute atomic E-state index is 11.5. The summed E-state index contributed by atoms with van der Waals surface area (Å²) in [4.78, 5) is 11.5. The molecule has 0 bridgehead atoms. The van der Waals surface area contributed by atoms with Crippen LogP contribution in [-0.4, -0.2) is 25.6 Å². The van der Waals surface area contributed by atoms with Crippen molar-refractivity contribution in [2.24, 2.45) is 5.73 Å². The van der Waals surface area contributed by atoms with Crippen molar-refractivity contribution in [3.05, 3.63) is 34.9 Å². The van der Waals surface area contributed by atoms with Crippen LogP contribution >= 0.6 is 11.6 Å². The summed E-state index contributed by atoms with van der Waals surface area (Å²) in [5.41, 5.74) is 6.49. The molecule has 18 heavy (non-hydrogen) atoms. The number of nitrogens with two attached hydrogens (primary N) is 1. The van der Waals surface area contributed by atoms with E-state index in [0.717, 1.165) is 5.56 Å². The van der Waals surface area contributed by atoms with E-state index in [1.807, 2.05) is 18.2 Å². The van der Waals surface area contributed by atoms with Gasteiger partial charge in [-0.05, 0) is 24.6 Å². The van der Waals surface area contributed by atoms with Crippen molar-refractivity contribution in [1.82, 2.24) is 5.32 Å². The Labute approximate surface area is 112 Å². The van der Waals surface area contributed by atoms with E-state index in [9.17, 15) is 4.79 Å². The van der Waals surface area contributed by atoms with E-state index >= 15 is 0 Å². The molecular weight excluding hydrogens is 252 g/mol. The highest BCUT2D eigenvalue weighted by molar-refractivity contribution is 6.30. The summed E-state index contributed by atoms with van der Waals surface area (Å²) in [6.07, 6.45) is 0.104. The van der Waals surface area contributed by atoms with Gasteiger partial charge >= 0.3 is 0 Å². The van der Waals surface area contributed by atoms with Gasteiger partial charge in [0.15, 0.2) is 0 Å². The molecule has 0 heterocycles. The summed E-state index contributed by atoms with van der Waals surface area (Å²) >= 11 is 5.92. The number of hydrogen-bond acceptors (Lipinski definition) is 3. The van der Waals surface area contributed by atoms with Gasteiger partial charge in [0.2, 0.25) is 5.91 Å². The SMILES string of the molecule is COC(CNC(=O)CC(C)N)c1cccc(Cl)c1. The lowest BCUT2D eigenvalue weighted by Crippen LogP contribution is -2.33. The quantitative estimate of drug-likeness (QED) is 0.830. The monoisotopic (exact) mass is 270 g/mol. The molecule has 0 aliphatic carbocycles. The molecule has 0 spiro atoms. The van der Waals surface area contributed by atoms with Crippen molar-refractivity contribution >= 4 is 17.5 Å². The van der Waals surface area contributed by atoms with Gasteiger partial charge in [-0.15, -0.1) is 0 Å². The van der Waals surface area contributed by atoms with Crippen LogP contribution in [0.2, 0.25) is 5.02 Å². The Balaban J connectivity index is 2.55. The molecule has 1 amide bonds. The first-order valence-corrected chi connectivity index (χ1v) is 6.21.